The summed E-state index contributed by atoms with van der Waals surface area (Å²) in [6.45, 7) is 36.8. The van der Waals surface area contributed by atoms with Crippen molar-refractivity contribution in [3.63, 3.8) is 0 Å². The first-order valence-electron chi connectivity index (χ1n) is 19.8. The van der Waals surface area contributed by atoms with Crippen LogP contribution in [0.3, 0.4) is 0 Å². The van der Waals surface area contributed by atoms with Crippen molar-refractivity contribution in [2.45, 2.75) is 161 Å². The molecule has 14 atom stereocenters. The Bertz CT molecular complexity index is 1020. The van der Waals surface area contributed by atoms with E-state index in [0.717, 1.165) is 82.9 Å². The minimum atomic E-state index is 0.448. The maximum atomic E-state index is 2.76. The fraction of sp³-hybridized carbons (Fsp3) is 1.00. The van der Waals surface area contributed by atoms with Crippen LogP contribution in [0.25, 0.3) is 0 Å². The molecular formula is C43H76. The molecule has 6 fully saturated rings. The summed E-state index contributed by atoms with van der Waals surface area (Å²) < 4.78 is 0. The molecule has 0 aliphatic heterocycles. The van der Waals surface area contributed by atoms with Gasteiger partial charge in [-0.3, -0.25) is 0 Å². The Labute approximate surface area is 270 Å². The summed E-state index contributed by atoms with van der Waals surface area (Å²) >= 11 is 0. The normalized spacial score (nSPS) is 50.9. The summed E-state index contributed by atoms with van der Waals surface area (Å²) in [4.78, 5) is 0. The van der Waals surface area contributed by atoms with Crippen LogP contribution in [0.2, 0.25) is 0 Å². The number of fused-ring (bicyclic) bond motifs is 6. The first kappa shape index (κ1) is 32.9. The van der Waals surface area contributed by atoms with Gasteiger partial charge in [0, 0.05) is 0 Å². The minimum absolute atomic E-state index is 0.448. The predicted molar refractivity (Wildman–Crippen MR) is 187 cm³/mol. The number of hydrogen-bond acceptors (Lipinski definition) is 0. The molecule has 2 bridgehead atoms. The third-order valence-electron chi connectivity index (χ3n) is 19.2. The van der Waals surface area contributed by atoms with Gasteiger partial charge >= 0.3 is 0 Å². The predicted octanol–water partition coefficient (Wildman–Crippen LogP) is 12.8. The highest BCUT2D eigenvalue weighted by atomic mass is 14.7. The largest absolute Gasteiger partial charge is 0.0625 e. The topological polar surface area (TPSA) is 0 Å². The maximum absolute atomic E-state index is 2.76. The van der Waals surface area contributed by atoms with E-state index in [1.807, 2.05) is 0 Å². The highest BCUT2D eigenvalue weighted by Gasteiger charge is 2.69. The van der Waals surface area contributed by atoms with Crippen molar-refractivity contribution < 1.29 is 0 Å². The van der Waals surface area contributed by atoms with Crippen molar-refractivity contribution >= 4 is 0 Å². The summed E-state index contributed by atoms with van der Waals surface area (Å²) in [5, 5.41) is 0. The van der Waals surface area contributed by atoms with Crippen LogP contribution in [0.4, 0.5) is 0 Å². The van der Waals surface area contributed by atoms with Gasteiger partial charge < -0.3 is 0 Å². The fourth-order valence-electron chi connectivity index (χ4n) is 14.8. The Morgan fingerprint density at radius 1 is 0.581 bits per heavy atom. The Morgan fingerprint density at radius 3 is 1.77 bits per heavy atom. The van der Waals surface area contributed by atoms with Crippen LogP contribution in [0.1, 0.15) is 161 Å². The zero-order valence-electron chi connectivity index (χ0n) is 31.7. The Hall–Kier alpha value is 0. The van der Waals surface area contributed by atoms with Gasteiger partial charge in [0.2, 0.25) is 0 Å². The molecular weight excluding hydrogens is 516 g/mol. The van der Waals surface area contributed by atoms with Gasteiger partial charge in [-0.25, -0.2) is 0 Å². The summed E-state index contributed by atoms with van der Waals surface area (Å²) in [5.41, 5.74) is 2.51. The van der Waals surface area contributed by atoms with Gasteiger partial charge in [0.15, 0.2) is 0 Å². The van der Waals surface area contributed by atoms with Gasteiger partial charge in [0.05, 0.1) is 0 Å². The van der Waals surface area contributed by atoms with Crippen LogP contribution < -0.4 is 0 Å². The standard InChI is InChI=1S/C43H76/c1-25(2)28(5)33-24-43(14,34-20-26(3)19-32(33)34)18-17-31-22-30(39(6,7)40(31,8)9)16-15-29-21-27(4)37-35-23-36(38(29)37)42(12,13)41(35,10)11/h25-38H,15-24H2,1-14H3. The molecule has 6 aliphatic carbocycles. The second-order valence-corrected chi connectivity index (χ2v) is 21.7. The third kappa shape index (κ3) is 4.67. The quantitative estimate of drug-likeness (QED) is 0.263. The van der Waals surface area contributed by atoms with E-state index in [0.29, 0.717) is 27.1 Å². The average molecular weight is 593 g/mol. The molecule has 6 saturated carbocycles. The molecule has 248 valence electrons. The summed E-state index contributed by atoms with van der Waals surface area (Å²) in [6, 6.07) is 0. The van der Waals surface area contributed by atoms with E-state index < -0.39 is 0 Å². The fourth-order valence-corrected chi connectivity index (χ4v) is 14.8. The molecule has 0 nitrogen and oxygen atoms in total. The molecule has 0 N–H and O–H groups in total. The molecule has 14 unspecified atom stereocenters. The van der Waals surface area contributed by atoms with Crippen LogP contribution in [-0.2, 0) is 0 Å². The SMILES string of the molecule is CC1CC2C(C(C)C(C)C)CC(C)(CCC3CC(CCC4CC(C)C5C4C4CC5C(C)(C)C4(C)C)C(C)(C)C3(C)C)C2C1. The van der Waals surface area contributed by atoms with E-state index in [9.17, 15) is 0 Å². The molecule has 6 aliphatic rings. The first-order valence-corrected chi connectivity index (χ1v) is 19.8. The molecule has 0 saturated heterocycles. The van der Waals surface area contributed by atoms with Gasteiger partial charge in [0.1, 0.15) is 0 Å². The van der Waals surface area contributed by atoms with Crippen molar-refractivity contribution in [2.24, 2.45) is 110 Å². The van der Waals surface area contributed by atoms with Gasteiger partial charge in [0.25, 0.3) is 0 Å². The van der Waals surface area contributed by atoms with Gasteiger partial charge in [-0.1, -0.05) is 96.9 Å². The van der Waals surface area contributed by atoms with Crippen LogP contribution >= 0.6 is 0 Å². The monoisotopic (exact) mass is 593 g/mol. The molecule has 0 aromatic carbocycles. The highest BCUT2D eigenvalue weighted by molar-refractivity contribution is 5.17. The van der Waals surface area contributed by atoms with E-state index in [4.69, 9.17) is 0 Å². The van der Waals surface area contributed by atoms with Crippen molar-refractivity contribution in [3.05, 3.63) is 0 Å². The lowest BCUT2D eigenvalue weighted by molar-refractivity contribution is -0.0400. The van der Waals surface area contributed by atoms with Crippen LogP contribution in [0.5, 0.6) is 0 Å². The molecule has 0 spiro atoms. The Kier molecular flexibility index (Phi) is 8.04. The summed E-state index contributed by atoms with van der Waals surface area (Å²) in [7, 11) is 0. The molecule has 0 heteroatoms. The van der Waals surface area contributed by atoms with Crippen molar-refractivity contribution in [1.82, 2.24) is 0 Å². The van der Waals surface area contributed by atoms with E-state index in [-0.39, 0.29) is 0 Å². The lowest BCUT2D eigenvalue weighted by Gasteiger charge is -2.52. The number of rotatable bonds is 8. The van der Waals surface area contributed by atoms with Gasteiger partial charge in [-0.05, 0) is 174 Å². The summed E-state index contributed by atoms with van der Waals surface area (Å²) in [6.07, 6.45) is 15.1. The van der Waals surface area contributed by atoms with Gasteiger partial charge in [-0.15, -0.1) is 0 Å². The van der Waals surface area contributed by atoms with Crippen molar-refractivity contribution in [1.29, 1.82) is 0 Å². The minimum Gasteiger partial charge on any atom is -0.0625 e. The zero-order chi connectivity index (χ0) is 31.7. The molecule has 0 aromatic rings. The molecule has 0 amide bonds. The van der Waals surface area contributed by atoms with Crippen molar-refractivity contribution in [2.75, 3.05) is 0 Å². The summed E-state index contributed by atoms with van der Waals surface area (Å²) in [5.74, 6) is 13.4. The molecule has 0 heterocycles. The third-order valence-corrected chi connectivity index (χ3v) is 19.2. The van der Waals surface area contributed by atoms with E-state index in [1.165, 1.54) is 64.2 Å². The molecule has 0 aromatic heterocycles. The van der Waals surface area contributed by atoms with Gasteiger partial charge in [-0.2, -0.15) is 0 Å². The lowest BCUT2D eigenvalue weighted by atomic mass is 9.53. The smallest absolute Gasteiger partial charge is 0.0269 e. The van der Waals surface area contributed by atoms with Crippen LogP contribution in [0, 0.1) is 110 Å². The van der Waals surface area contributed by atoms with Crippen molar-refractivity contribution in [3.8, 4) is 0 Å². The van der Waals surface area contributed by atoms with E-state index >= 15 is 0 Å². The lowest BCUT2D eigenvalue weighted by Crippen LogP contribution is -2.46. The average Bonchev–Trinajstić information content (AvgIpc) is 3.68. The second-order valence-electron chi connectivity index (χ2n) is 21.7. The molecule has 43 heavy (non-hydrogen) atoms. The molecule has 0 radical (unpaired) electrons. The Morgan fingerprint density at radius 2 is 1.16 bits per heavy atom. The maximum Gasteiger partial charge on any atom is -0.0269 e. The number of hydrogen-bond donors (Lipinski definition) is 0. The highest BCUT2D eigenvalue weighted by Crippen LogP contribution is 2.75. The first-order chi connectivity index (χ1) is 19.8. The zero-order valence-corrected chi connectivity index (χ0v) is 31.7. The van der Waals surface area contributed by atoms with Crippen LogP contribution in [-0.4, -0.2) is 0 Å². The Balaban J connectivity index is 1.12. The van der Waals surface area contributed by atoms with Crippen LogP contribution in [0.15, 0.2) is 0 Å². The van der Waals surface area contributed by atoms with E-state index in [1.54, 1.807) is 0 Å². The molecule has 6 rings (SSSR count). The second kappa shape index (κ2) is 10.5. The van der Waals surface area contributed by atoms with E-state index in [2.05, 4.69) is 96.9 Å².